The third-order valence-corrected chi connectivity index (χ3v) is 2.18. The Balaban J connectivity index is 1.92. The summed E-state index contributed by atoms with van der Waals surface area (Å²) >= 11 is 0. The molecule has 0 spiro atoms. The summed E-state index contributed by atoms with van der Waals surface area (Å²) in [5, 5.41) is 9.94. The van der Waals surface area contributed by atoms with Crippen molar-refractivity contribution in [2.45, 2.75) is 26.8 Å². The lowest BCUT2D eigenvalue weighted by atomic mass is 10.5. The molecule has 2 rings (SSSR count). The third-order valence-electron chi connectivity index (χ3n) is 2.18. The van der Waals surface area contributed by atoms with Crippen LogP contribution in [0.2, 0.25) is 0 Å². The van der Waals surface area contributed by atoms with Crippen LogP contribution in [0.25, 0.3) is 0 Å². The van der Waals surface area contributed by atoms with E-state index in [1.807, 2.05) is 0 Å². The van der Waals surface area contributed by atoms with Gasteiger partial charge in [-0.1, -0.05) is 12.1 Å². The summed E-state index contributed by atoms with van der Waals surface area (Å²) in [7, 11) is 0. The molecule has 18 heavy (non-hydrogen) atoms. The second kappa shape index (κ2) is 5.95. The molecular weight excluding hydrogens is 232 g/mol. The molecule has 0 atom stereocenters. The van der Waals surface area contributed by atoms with Gasteiger partial charge in [0.25, 0.3) is 0 Å². The lowest BCUT2D eigenvalue weighted by molar-refractivity contribution is 0.379. The maximum atomic E-state index is 5.00. The van der Waals surface area contributed by atoms with Crippen LogP contribution >= 0.6 is 0 Å². The number of rotatable bonds is 6. The molecule has 2 N–H and O–H groups in total. The van der Waals surface area contributed by atoms with Crippen molar-refractivity contribution in [1.82, 2.24) is 20.1 Å². The Morgan fingerprint density at radius 3 is 2.89 bits per heavy atom. The second-order valence-electron chi connectivity index (χ2n) is 3.78. The number of hydrogen-bond donors (Lipinski definition) is 2. The van der Waals surface area contributed by atoms with Crippen LogP contribution in [0, 0.1) is 6.92 Å². The van der Waals surface area contributed by atoms with E-state index in [9.17, 15) is 0 Å². The van der Waals surface area contributed by atoms with Crippen molar-refractivity contribution < 1.29 is 4.52 Å². The Kier molecular flexibility index (Phi) is 4.06. The quantitative estimate of drug-likeness (QED) is 0.802. The molecule has 0 aliphatic heterocycles. The van der Waals surface area contributed by atoms with Gasteiger partial charge in [0, 0.05) is 12.7 Å². The van der Waals surface area contributed by atoms with Crippen LogP contribution in [0.5, 0.6) is 0 Å². The summed E-state index contributed by atoms with van der Waals surface area (Å²) in [4.78, 5) is 12.5. The van der Waals surface area contributed by atoms with Crippen molar-refractivity contribution in [3.05, 3.63) is 24.0 Å². The normalized spacial score (nSPS) is 10.3. The van der Waals surface area contributed by atoms with E-state index in [-0.39, 0.29) is 0 Å². The monoisotopic (exact) mass is 248 g/mol. The van der Waals surface area contributed by atoms with Gasteiger partial charge in [-0.2, -0.15) is 9.97 Å². The first kappa shape index (κ1) is 12.3. The van der Waals surface area contributed by atoms with Crippen molar-refractivity contribution in [3.63, 3.8) is 0 Å². The molecule has 7 nitrogen and oxygen atoms in total. The summed E-state index contributed by atoms with van der Waals surface area (Å²) in [5.74, 6) is 2.50. The minimum atomic E-state index is 0.449. The topological polar surface area (TPSA) is 88.8 Å². The van der Waals surface area contributed by atoms with E-state index < -0.39 is 0 Å². The highest BCUT2D eigenvalue weighted by molar-refractivity contribution is 5.39. The molecule has 0 aliphatic rings. The summed E-state index contributed by atoms with van der Waals surface area (Å²) in [6, 6.07) is 1.79. The van der Waals surface area contributed by atoms with Crippen LogP contribution in [0.1, 0.15) is 25.1 Å². The average Bonchev–Trinajstić information content (AvgIpc) is 2.80. The van der Waals surface area contributed by atoms with Gasteiger partial charge < -0.3 is 15.2 Å². The molecule has 0 radical (unpaired) electrons. The molecule has 2 heterocycles. The van der Waals surface area contributed by atoms with Crippen molar-refractivity contribution in [1.29, 1.82) is 0 Å². The van der Waals surface area contributed by atoms with Crippen molar-refractivity contribution in [2.24, 2.45) is 0 Å². The highest BCUT2D eigenvalue weighted by atomic mass is 16.5. The largest absolute Gasteiger partial charge is 0.361 e. The Bertz CT molecular complexity index is 498. The molecule has 0 fully saturated rings. The minimum absolute atomic E-state index is 0.449. The number of hydrogen-bond acceptors (Lipinski definition) is 7. The lowest BCUT2D eigenvalue weighted by Crippen LogP contribution is -2.07. The molecule has 2 aromatic heterocycles. The molecule has 0 saturated heterocycles. The number of nitrogens with zero attached hydrogens (tertiary/aromatic N) is 4. The first-order valence-electron chi connectivity index (χ1n) is 5.88. The molecular formula is C11H16N6O. The SMILES string of the molecule is CCCNc1nccc(NCc2nc(C)no2)n1. The van der Waals surface area contributed by atoms with Gasteiger partial charge in [-0.05, 0) is 19.4 Å². The minimum Gasteiger partial charge on any atom is -0.361 e. The highest BCUT2D eigenvalue weighted by Crippen LogP contribution is 2.07. The summed E-state index contributed by atoms with van der Waals surface area (Å²) in [6.45, 7) is 5.18. The van der Waals surface area contributed by atoms with Crippen molar-refractivity contribution in [2.75, 3.05) is 17.2 Å². The number of nitrogens with one attached hydrogen (secondary N) is 2. The molecule has 0 bridgehead atoms. The number of aromatic nitrogens is 4. The number of aryl methyl sites for hydroxylation is 1. The standard InChI is InChI=1S/C11H16N6O/c1-3-5-12-11-13-6-4-9(16-11)14-7-10-15-8(2)17-18-10/h4,6H,3,5,7H2,1-2H3,(H2,12,13,14,16). The van der Waals surface area contributed by atoms with Crippen LogP contribution in [-0.4, -0.2) is 26.7 Å². The van der Waals surface area contributed by atoms with Crippen molar-refractivity contribution in [3.8, 4) is 0 Å². The van der Waals surface area contributed by atoms with E-state index in [0.29, 0.717) is 24.2 Å². The molecule has 0 unspecified atom stereocenters. The van der Waals surface area contributed by atoms with E-state index in [2.05, 4.69) is 37.7 Å². The zero-order chi connectivity index (χ0) is 12.8. The Morgan fingerprint density at radius 2 is 2.17 bits per heavy atom. The predicted octanol–water partition coefficient (Wildman–Crippen LogP) is 1.60. The van der Waals surface area contributed by atoms with Gasteiger partial charge in [0.15, 0.2) is 5.82 Å². The van der Waals surface area contributed by atoms with E-state index in [4.69, 9.17) is 4.52 Å². The average molecular weight is 248 g/mol. The van der Waals surface area contributed by atoms with Gasteiger partial charge in [0.1, 0.15) is 5.82 Å². The van der Waals surface area contributed by atoms with Crippen LogP contribution in [0.15, 0.2) is 16.8 Å². The van der Waals surface area contributed by atoms with Gasteiger partial charge in [-0.15, -0.1) is 0 Å². The van der Waals surface area contributed by atoms with Crippen molar-refractivity contribution >= 4 is 11.8 Å². The van der Waals surface area contributed by atoms with Gasteiger partial charge in [0.05, 0.1) is 6.54 Å². The Labute approximate surface area is 105 Å². The van der Waals surface area contributed by atoms with E-state index >= 15 is 0 Å². The van der Waals surface area contributed by atoms with Crippen LogP contribution in [-0.2, 0) is 6.54 Å². The highest BCUT2D eigenvalue weighted by Gasteiger charge is 2.03. The maximum Gasteiger partial charge on any atom is 0.245 e. The first-order valence-corrected chi connectivity index (χ1v) is 5.88. The van der Waals surface area contributed by atoms with E-state index in [0.717, 1.165) is 18.8 Å². The smallest absolute Gasteiger partial charge is 0.245 e. The molecule has 2 aromatic rings. The zero-order valence-electron chi connectivity index (χ0n) is 10.5. The fraction of sp³-hybridized carbons (Fsp3) is 0.455. The summed E-state index contributed by atoms with van der Waals surface area (Å²) in [6.07, 6.45) is 2.73. The maximum absolute atomic E-state index is 5.00. The van der Waals surface area contributed by atoms with E-state index in [1.165, 1.54) is 0 Å². The van der Waals surface area contributed by atoms with Gasteiger partial charge in [0.2, 0.25) is 11.8 Å². The lowest BCUT2D eigenvalue weighted by Gasteiger charge is -2.05. The zero-order valence-corrected chi connectivity index (χ0v) is 10.5. The van der Waals surface area contributed by atoms with Gasteiger partial charge >= 0.3 is 0 Å². The molecule has 0 saturated carbocycles. The Hall–Kier alpha value is -2.18. The third kappa shape index (κ3) is 3.41. The fourth-order valence-electron chi connectivity index (χ4n) is 1.36. The van der Waals surface area contributed by atoms with Gasteiger partial charge in [-0.3, -0.25) is 0 Å². The van der Waals surface area contributed by atoms with Crippen LogP contribution in [0.3, 0.4) is 0 Å². The van der Waals surface area contributed by atoms with E-state index in [1.54, 1.807) is 19.2 Å². The Morgan fingerprint density at radius 1 is 1.28 bits per heavy atom. The molecule has 96 valence electrons. The number of anilines is 2. The molecule has 0 amide bonds. The van der Waals surface area contributed by atoms with Gasteiger partial charge in [-0.25, -0.2) is 4.98 Å². The molecule has 0 aliphatic carbocycles. The predicted molar refractivity (Wildman–Crippen MR) is 67.2 cm³/mol. The molecule has 7 heteroatoms. The first-order chi connectivity index (χ1) is 8.78. The summed E-state index contributed by atoms with van der Waals surface area (Å²) < 4.78 is 5.00. The van der Waals surface area contributed by atoms with Crippen LogP contribution < -0.4 is 10.6 Å². The summed E-state index contributed by atoms with van der Waals surface area (Å²) in [5.41, 5.74) is 0. The second-order valence-corrected chi connectivity index (χ2v) is 3.78. The molecule has 0 aromatic carbocycles. The van der Waals surface area contributed by atoms with Crippen LogP contribution in [0.4, 0.5) is 11.8 Å². The fourth-order valence-corrected chi connectivity index (χ4v) is 1.36.